The number of anilines is 3. The summed E-state index contributed by atoms with van der Waals surface area (Å²) in [6, 6.07) is 5.61. The molecular weight excluding hydrogens is 405 g/mol. The molecule has 2 aromatic heterocycles. The third kappa shape index (κ3) is 3.22. The summed E-state index contributed by atoms with van der Waals surface area (Å²) in [7, 11) is 0. The van der Waals surface area contributed by atoms with Crippen molar-refractivity contribution in [2.24, 2.45) is 0 Å². The number of aromatic nitrogens is 5. The summed E-state index contributed by atoms with van der Waals surface area (Å²) in [5.74, 6) is 0.802. The highest BCUT2D eigenvalue weighted by Gasteiger charge is 2.08. The molecular formula is C12H9ClIN7. The number of hydrogen-bond acceptors (Lipinski definition) is 6. The molecule has 3 rings (SSSR count). The van der Waals surface area contributed by atoms with Crippen LogP contribution in [0.25, 0.3) is 5.95 Å². The first-order valence-electron chi connectivity index (χ1n) is 5.84. The van der Waals surface area contributed by atoms with Crippen molar-refractivity contribution >= 4 is 51.8 Å². The maximum Gasteiger partial charge on any atom is 0.241 e. The van der Waals surface area contributed by atoms with E-state index in [4.69, 9.17) is 17.3 Å². The van der Waals surface area contributed by atoms with Crippen LogP contribution in [-0.4, -0.2) is 24.5 Å². The van der Waals surface area contributed by atoms with Gasteiger partial charge in [0.25, 0.3) is 0 Å². The zero-order valence-electron chi connectivity index (χ0n) is 10.5. The molecule has 0 fully saturated rings. The Morgan fingerprint density at radius 1 is 1.24 bits per heavy atom. The summed E-state index contributed by atoms with van der Waals surface area (Å²) in [4.78, 5) is 16.3. The lowest BCUT2D eigenvalue weighted by atomic mass is 10.3. The molecule has 0 bridgehead atoms. The van der Waals surface area contributed by atoms with Gasteiger partial charge in [0.15, 0.2) is 0 Å². The van der Waals surface area contributed by atoms with Crippen molar-refractivity contribution in [1.82, 2.24) is 24.5 Å². The number of nitrogens with zero attached hydrogens (tertiary/aromatic N) is 5. The molecule has 1 aromatic carbocycles. The van der Waals surface area contributed by atoms with Crippen LogP contribution in [0.1, 0.15) is 0 Å². The summed E-state index contributed by atoms with van der Waals surface area (Å²) >= 11 is 8.36. The van der Waals surface area contributed by atoms with Gasteiger partial charge in [-0.2, -0.15) is 15.0 Å². The number of nitrogens with one attached hydrogen (secondary N) is 1. The van der Waals surface area contributed by atoms with E-state index in [0.29, 0.717) is 22.6 Å². The van der Waals surface area contributed by atoms with Gasteiger partial charge >= 0.3 is 0 Å². The van der Waals surface area contributed by atoms with Crippen molar-refractivity contribution in [3.8, 4) is 5.95 Å². The normalized spacial score (nSPS) is 10.6. The minimum absolute atomic E-state index is 0.109. The number of halogens is 2. The number of nitrogens with two attached hydrogens (primary N) is 1. The second-order valence-electron chi connectivity index (χ2n) is 4.04. The average molecular weight is 414 g/mol. The van der Waals surface area contributed by atoms with E-state index in [9.17, 15) is 0 Å². The van der Waals surface area contributed by atoms with Crippen LogP contribution >= 0.6 is 34.2 Å². The lowest BCUT2D eigenvalue weighted by Gasteiger charge is -2.09. The predicted octanol–water partition coefficient (Wildman–Crippen LogP) is 2.64. The largest absolute Gasteiger partial charge is 0.368 e. The Labute approximate surface area is 138 Å². The first-order chi connectivity index (χ1) is 10.1. The van der Waals surface area contributed by atoms with Crippen molar-refractivity contribution in [3.63, 3.8) is 0 Å². The minimum atomic E-state index is 0.109. The van der Waals surface area contributed by atoms with E-state index in [1.54, 1.807) is 23.3 Å². The molecule has 21 heavy (non-hydrogen) atoms. The fourth-order valence-electron chi connectivity index (χ4n) is 1.64. The van der Waals surface area contributed by atoms with Crippen molar-refractivity contribution in [2.75, 3.05) is 11.1 Å². The van der Waals surface area contributed by atoms with Crippen LogP contribution in [0.5, 0.6) is 0 Å². The summed E-state index contributed by atoms with van der Waals surface area (Å²) in [5, 5.41) is 3.61. The first-order valence-corrected chi connectivity index (χ1v) is 7.29. The molecule has 0 radical (unpaired) electrons. The molecule has 0 aliphatic carbocycles. The number of rotatable bonds is 3. The minimum Gasteiger partial charge on any atom is -0.368 e. The van der Waals surface area contributed by atoms with Crippen LogP contribution in [-0.2, 0) is 0 Å². The molecule has 0 amide bonds. The Bertz CT molecular complexity index is 775. The van der Waals surface area contributed by atoms with E-state index in [0.717, 1.165) is 3.57 Å². The average Bonchev–Trinajstić information content (AvgIpc) is 2.95. The highest BCUT2D eigenvalue weighted by Crippen LogP contribution is 2.26. The van der Waals surface area contributed by atoms with Gasteiger partial charge in [-0.25, -0.2) is 4.98 Å². The van der Waals surface area contributed by atoms with Gasteiger partial charge < -0.3 is 11.1 Å². The summed E-state index contributed by atoms with van der Waals surface area (Å²) < 4.78 is 2.68. The molecule has 0 unspecified atom stereocenters. The predicted molar refractivity (Wildman–Crippen MR) is 88.8 cm³/mol. The van der Waals surface area contributed by atoms with E-state index in [-0.39, 0.29) is 5.95 Å². The second kappa shape index (κ2) is 5.82. The lowest BCUT2D eigenvalue weighted by Crippen LogP contribution is -2.08. The molecule has 3 aromatic rings. The molecule has 0 saturated heterocycles. The van der Waals surface area contributed by atoms with Crippen molar-refractivity contribution in [3.05, 3.63) is 45.5 Å². The number of nitrogen functional groups attached to an aromatic ring is 1. The van der Waals surface area contributed by atoms with Gasteiger partial charge in [0.1, 0.15) is 6.33 Å². The lowest BCUT2D eigenvalue weighted by molar-refractivity contribution is 0.906. The smallest absolute Gasteiger partial charge is 0.241 e. The third-order valence-corrected chi connectivity index (χ3v) is 3.54. The van der Waals surface area contributed by atoms with Crippen LogP contribution in [0, 0.1) is 3.57 Å². The Kier molecular flexibility index (Phi) is 3.88. The molecule has 7 nitrogen and oxygen atoms in total. The maximum absolute atomic E-state index is 6.17. The zero-order chi connectivity index (χ0) is 14.8. The molecule has 9 heteroatoms. The maximum atomic E-state index is 6.17. The van der Waals surface area contributed by atoms with E-state index in [1.165, 1.54) is 0 Å². The Hall–Kier alpha value is -1.94. The Morgan fingerprint density at radius 3 is 2.81 bits per heavy atom. The van der Waals surface area contributed by atoms with Gasteiger partial charge in [-0.1, -0.05) is 11.6 Å². The van der Waals surface area contributed by atoms with Crippen LogP contribution in [0.3, 0.4) is 0 Å². The fourth-order valence-corrected chi connectivity index (χ4v) is 2.54. The van der Waals surface area contributed by atoms with Gasteiger partial charge in [0, 0.05) is 16.0 Å². The first kappa shape index (κ1) is 14.0. The molecule has 0 atom stereocenters. The molecule has 2 heterocycles. The molecule has 3 N–H and O–H groups in total. The van der Waals surface area contributed by atoms with Gasteiger partial charge in [-0.15, -0.1) is 0 Å². The van der Waals surface area contributed by atoms with E-state index in [1.807, 2.05) is 18.2 Å². The van der Waals surface area contributed by atoms with Crippen LogP contribution < -0.4 is 11.1 Å². The Balaban J connectivity index is 1.95. The Morgan fingerprint density at radius 2 is 2.10 bits per heavy atom. The second-order valence-corrected chi connectivity index (χ2v) is 5.69. The monoisotopic (exact) mass is 413 g/mol. The standard InChI is InChI=1S/C12H9ClIN7/c13-8-5-7(14)1-2-9(8)17-11-18-10(15)19-12(20-11)21-4-3-16-6-21/h1-6H,(H3,15,17,18,19,20). The molecule has 0 aliphatic heterocycles. The summed E-state index contributed by atoms with van der Waals surface area (Å²) in [6.07, 6.45) is 4.93. The van der Waals surface area contributed by atoms with Crippen LogP contribution in [0.15, 0.2) is 36.9 Å². The molecule has 0 aliphatic rings. The molecule has 106 valence electrons. The van der Waals surface area contributed by atoms with Crippen molar-refractivity contribution in [2.45, 2.75) is 0 Å². The van der Waals surface area contributed by atoms with Crippen molar-refractivity contribution in [1.29, 1.82) is 0 Å². The van der Waals surface area contributed by atoms with Gasteiger partial charge in [-0.05, 0) is 40.8 Å². The van der Waals surface area contributed by atoms with Crippen LogP contribution in [0.2, 0.25) is 5.02 Å². The fraction of sp³-hybridized carbons (Fsp3) is 0. The van der Waals surface area contributed by atoms with Crippen molar-refractivity contribution < 1.29 is 0 Å². The van der Waals surface area contributed by atoms with Gasteiger partial charge in [0.2, 0.25) is 17.8 Å². The number of imidazole rings is 1. The highest BCUT2D eigenvalue weighted by atomic mass is 127. The number of hydrogen-bond donors (Lipinski definition) is 2. The molecule has 0 saturated carbocycles. The van der Waals surface area contributed by atoms with Gasteiger partial charge in [-0.3, -0.25) is 4.57 Å². The number of benzene rings is 1. The summed E-state index contributed by atoms with van der Waals surface area (Å²) in [6.45, 7) is 0. The van der Waals surface area contributed by atoms with E-state index < -0.39 is 0 Å². The van der Waals surface area contributed by atoms with E-state index >= 15 is 0 Å². The quantitative estimate of drug-likeness (QED) is 0.641. The van der Waals surface area contributed by atoms with E-state index in [2.05, 4.69) is 47.8 Å². The topological polar surface area (TPSA) is 94.5 Å². The van der Waals surface area contributed by atoms with Gasteiger partial charge in [0.05, 0.1) is 10.7 Å². The third-order valence-electron chi connectivity index (χ3n) is 2.55. The zero-order valence-corrected chi connectivity index (χ0v) is 13.4. The highest BCUT2D eigenvalue weighted by molar-refractivity contribution is 14.1. The summed E-state index contributed by atoms with van der Waals surface area (Å²) in [5.41, 5.74) is 6.40. The molecule has 0 spiro atoms. The van der Waals surface area contributed by atoms with Crippen LogP contribution in [0.4, 0.5) is 17.6 Å². The SMILES string of the molecule is Nc1nc(Nc2ccc(I)cc2Cl)nc(-n2ccnc2)n1.